The summed E-state index contributed by atoms with van der Waals surface area (Å²) >= 11 is 0. The number of quaternary nitrogens is 1. The quantitative estimate of drug-likeness (QED) is 0.0276. The van der Waals surface area contributed by atoms with Crippen LogP contribution >= 0.6 is 7.82 Å². The highest BCUT2D eigenvalue weighted by Gasteiger charge is 2.23. The number of aliphatic hydroxyl groups is 1. The van der Waals surface area contributed by atoms with Gasteiger partial charge in [0.1, 0.15) is 13.2 Å². The topological polar surface area (TPSA) is 108 Å². The van der Waals surface area contributed by atoms with Crippen molar-refractivity contribution < 1.29 is 32.9 Å². The van der Waals surface area contributed by atoms with Crippen LogP contribution in [0.4, 0.5) is 0 Å². The molecule has 0 saturated heterocycles. The standard InChI is InChI=1S/C46H89N2O6P/c1-6-8-10-12-14-16-18-20-22-24-26-28-30-32-34-36-38-40-46(50)47-44(43-54-55(51,52)53-42-41-48(3,4)5)45(49)39-37-35-33-31-29-27-25-23-21-19-17-15-13-11-9-7-2/h21,23,29,31,37,39,44-45,49H,6-20,22,24-28,30,32-36,38,40-43H2,1-5H3,(H-,47,50,51,52)/b23-21+,31-29+,39-37+. The molecule has 55 heavy (non-hydrogen) atoms. The Balaban J connectivity index is 4.46. The van der Waals surface area contributed by atoms with Crippen LogP contribution in [0.15, 0.2) is 36.5 Å². The van der Waals surface area contributed by atoms with Gasteiger partial charge in [-0.1, -0.05) is 185 Å². The second kappa shape index (κ2) is 38.2. The van der Waals surface area contributed by atoms with Crippen molar-refractivity contribution in [3.63, 3.8) is 0 Å². The molecule has 0 aromatic carbocycles. The van der Waals surface area contributed by atoms with Crippen molar-refractivity contribution in [2.24, 2.45) is 0 Å². The van der Waals surface area contributed by atoms with Gasteiger partial charge in [0.15, 0.2) is 0 Å². The molecule has 0 rings (SSSR count). The smallest absolute Gasteiger partial charge is 0.268 e. The zero-order valence-electron chi connectivity index (χ0n) is 36.6. The molecular weight excluding hydrogens is 707 g/mol. The molecule has 0 radical (unpaired) electrons. The maximum atomic E-state index is 12.9. The molecule has 9 heteroatoms. The minimum Gasteiger partial charge on any atom is -0.756 e. The maximum absolute atomic E-state index is 12.9. The van der Waals surface area contributed by atoms with E-state index in [4.69, 9.17) is 9.05 Å². The number of carbonyl (C=O) groups is 1. The number of aliphatic hydroxyl groups excluding tert-OH is 1. The lowest BCUT2D eigenvalue weighted by atomic mass is 10.0. The Kier molecular flexibility index (Phi) is 37.4. The van der Waals surface area contributed by atoms with Gasteiger partial charge in [-0.25, -0.2) is 0 Å². The lowest BCUT2D eigenvalue weighted by Gasteiger charge is -2.29. The predicted molar refractivity (Wildman–Crippen MR) is 233 cm³/mol. The number of hydrogen-bond donors (Lipinski definition) is 2. The monoisotopic (exact) mass is 797 g/mol. The Bertz CT molecular complexity index is 995. The van der Waals surface area contributed by atoms with Crippen molar-refractivity contribution in [3.05, 3.63) is 36.5 Å². The van der Waals surface area contributed by atoms with Crippen LogP contribution in [0.5, 0.6) is 0 Å². The Morgan fingerprint density at radius 1 is 0.618 bits per heavy atom. The lowest BCUT2D eigenvalue weighted by molar-refractivity contribution is -0.870. The number of unbranched alkanes of at least 4 members (excludes halogenated alkanes) is 24. The molecule has 0 heterocycles. The summed E-state index contributed by atoms with van der Waals surface area (Å²) in [5.41, 5.74) is 0. The normalized spacial score (nSPS) is 14.7. The van der Waals surface area contributed by atoms with E-state index in [9.17, 15) is 19.4 Å². The van der Waals surface area contributed by atoms with E-state index in [1.807, 2.05) is 27.2 Å². The zero-order chi connectivity index (χ0) is 40.7. The third kappa shape index (κ3) is 40.7. The number of hydrogen-bond acceptors (Lipinski definition) is 6. The third-order valence-electron chi connectivity index (χ3n) is 10.1. The van der Waals surface area contributed by atoms with Gasteiger partial charge in [0.2, 0.25) is 5.91 Å². The van der Waals surface area contributed by atoms with Gasteiger partial charge >= 0.3 is 0 Å². The Hall–Kier alpha value is -1.28. The van der Waals surface area contributed by atoms with Gasteiger partial charge in [0.05, 0.1) is 39.9 Å². The van der Waals surface area contributed by atoms with Crippen LogP contribution < -0.4 is 10.2 Å². The van der Waals surface area contributed by atoms with Crippen LogP contribution in [-0.4, -0.2) is 68.5 Å². The summed E-state index contributed by atoms with van der Waals surface area (Å²) < 4.78 is 23.2. The van der Waals surface area contributed by atoms with Gasteiger partial charge in [-0.3, -0.25) is 9.36 Å². The van der Waals surface area contributed by atoms with Crippen LogP contribution in [0.3, 0.4) is 0 Å². The van der Waals surface area contributed by atoms with Crippen LogP contribution in [-0.2, 0) is 18.4 Å². The fourth-order valence-corrected chi connectivity index (χ4v) is 7.14. The molecule has 0 aromatic heterocycles. The zero-order valence-corrected chi connectivity index (χ0v) is 37.5. The van der Waals surface area contributed by atoms with Crippen LogP contribution in [0, 0.1) is 0 Å². The Morgan fingerprint density at radius 3 is 1.47 bits per heavy atom. The first-order valence-corrected chi connectivity index (χ1v) is 24.3. The molecule has 0 aliphatic rings. The first-order valence-electron chi connectivity index (χ1n) is 22.9. The van der Waals surface area contributed by atoms with E-state index in [-0.39, 0.29) is 12.5 Å². The number of rotatable bonds is 41. The second-order valence-corrected chi connectivity index (χ2v) is 18.2. The van der Waals surface area contributed by atoms with E-state index in [1.165, 1.54) is 135 Å². The van der Waals surface area contributed by atoms with Crippen molar-refractivity contribution >= 4 is 13.7 Å². The Morgan fingerprint density at radius 2 is 1.02 bits per heavy atom. The maximum Gasteiger partial charge on any atom is 0.268 e. The lowest BCUT2D eigenvalue weighted by Crippen LogP contribution is -2.45. The number of nitrogens with zero attached hydrogens (tertiary/aromatic N) is 1. The van der Waals surface area contributed by atoms with E-state index in [0.717, 1.165) is 44.9 Å². The highest BCUT2D eigenvalue weighted by atomic mass is 31.2. The molecule has 0 spiro atoms. The van der Waals surface area contributed by atoms with Crippen molar-refractivity contribution in [3.8, 4) is 0 Å². The van der Waals surface area contributed by atoms with Gasteiger partial charge < -0.3 is 28.8 Å². The van der Waals surface area contributed by atoms with Crippen LogP contribution in [0.1, 0.15) is 200 Å². The van der Waals surface area contributed by atoms with Crippen molar-refractivity contribution in [1.82, 2.24) is 5.32 Å². The highest BCUT2D eigenvalue weighted by Crippen LogP contribution is 2.38. The molecule has 0 aromatic rings. The van der Waals surface area contributed by atoms with Gasteiger partial charge in [-0.15, -0.1) is 0 Å². The molecule has 0 bridgehead atoms. The second-order valence-electron chi connectivity index (χ2n) is 16.7. The molecule has 1 amide bonds. The van der Waals surface area contributed by atoms with Crippen molar-refractivity contribution in [2.45, 2.75) is 212 Å². The summed E-state index contributed by atoms with van der Waals surface area (Å²) in [7, 11) is 1.24. The minimum absolute atomic E-state index is 0.00787. The van der Waals surface area contributed by atoms with Crippen molar-refractivity contribution in [2.75, 3.05) is 40.9 Å². The highest BCUT2D eigenvalue weighted by molar-refractivity contribution is 7.45. The SMILES string of the molecule is CCCCCCCC/C=C/CC/C=C/CC/C=C/C(O)C(COP(=O)([O-])OCC[N+](C)(C)C)NC(=O)CCCCCCCCCCCCCCCCCCC. The average Bonchev–Trinajstić information content (AvgIpc) is 3.13. The van der Waals surface area contributed by atoms with E-state index in [0.29, 0.717) is 17.4 Å². The first kappa shape index (κ1) is 53.7. The molecule has 0 aliphatic carbocycles. The molecule has 0 saturated carbocycles. The summed E-state index contributed by atoms with van der Waals surface area (Å²) in [6, 6.07) is -0.905. The molecule has 3 atom stereocenters. The van der Waals surface area contributed by atoms with Gasteiger partial charge in [-0.2, -0.15) is 0 Å². The van der Waals surface area contributed by atoms with E-state index in [1.54, 1.807) is 6.08 Å². The minimum atomic E-state index is -4.60. The fourth-order valence-electron chi connectivity index (χ4n) is 6.42. The van der Waals surface area contributed by atoms with Gasteiger partial charge in [0, 0.05) is 6.42 Å². The number of phosphoric ester groups is 1. The third-order valence-corrected chi connectivity index (χ3v) is 11.0. The molecule has 2 N–H and O–H groups in total. The largest absolute Gasteiger partial charge is 0.756 e. The molecule has 0 aliphatic heterocycles. The molecule has 3 unspecified atom stereocenters. The summed E-state index contributed by atoms with van der Waals surface area (Å²) in [6.07, 6.45) is 46.2. The summed E-state index contributed by atoms with van der Waals surface area (Å²) in [6.45, 7) is 4.61. The summed E-state index contributed by atoms with van der Waals surface area (Å²) in [5.74, 6) is -0.211. The first-order chi connectivity index (χ1) is 26.5. The Labute approximate surface area is 340 Å². The summed E-state index contributed by atoms with van der Waals surface area (Å²) in [5, 5.41) is 13.8. The predicted octanol–water partition coefficient (Wildman–Crippen LogP) is 12.1. The number of phosphoric acid groups is 1. The summed E-state index contributed by atoms with van der Waals surface area (Å²) in [4.78, 5) is 25.3. The number of carbonyl (C=O) groups excluding carboxylic acids is 1. The molecular formula is C46H89N2O6P. The molecule has 8 nitrogen and oxygen atoms in total. The number of likely N-dealkylation sites (N-methyl/N-ethyl adjacent to an activating group) is 1. The fraction of sp³-hybridized carbons (Fsp3) is 0.848. The van der Waals surface area contributed by atoms with Gasteiger partial charge in [-0.05, 0) is 44.9 Å². The number of amides is 1. The number of nitrogens with one attached hydrogen (secondary N) is 1. The van der Waals surface area contributed by atoms with Crippen LogP contribution in [0.25, 0.3) is 0 Å². The van der Waals surface area contributed by atoms with E-state index >= 15 is 0 Å². The molecule has 0 fully saturated rings. The van der Waals surface area contributed by atoms with Crippen molar-refractivity contribution in [1.29, 1.82) is 0 Å². The van der Waals surface area contributed by atoms with Gasteiger partial charge in [0.25, 0.3) is 7.82 Å². The van der Waals surface area contributed by atoms with Crippen LogP contribution in [0.2, 0.25) is 0 Å². The molecule has 324 valence electrons. The average molecular weight is 797 g/mol. The van der Waals surface area contributed by atoms with E-state index in [2.05, 4.69) is 43.5 Å². The van der Waals surface area contributed by atoms with E-state index < -0.39 is 26.6 Å². The number of allylic oxidation sites excluding steroid dienone is 5.